The minimum Gasteiger partial charge on any atom is -0.442 e. The van der Waals surface area contributed by atoms with Crippen LogP contribution in [0.15, 0.2) is 0 Å². The molecule has 0 saturated carbocycles. The van der Waals surface area contributed by atoms with Crippen molar-refractivity contribution in [1.82, 2.24) is 5.73 Å². The lowest BCUT2D eigenvalue weighted by molar-refractivity contribution is -0.156. The maximum Gasteiger partial charge on any atom is 0.307 e. The van der Waals surface area contributed by atoms with Gasteiger partial charge in [0.2, 0.25) is 0 Å². The van der Waals surface area contributed by atoms with Gasteiger partial charge in [0.15, 0.2) is 6.23 Å². The van der Waals surface area contributed by atoms with Crippen LogP contribution in [0.4, 0.5) is 0 Å². The third kappa shape index (κ3) is 3.92. The molecule has 0 saturated heterocycles. The van der Waals surface area contributed by atoms with Crippen LogP contribution >= 0.6 is 0 Å². The SMILES string of the molecule is CCC(=O)OC([NH])C(O)CO. The predicted molar refractivity (Wildman–Crippen MR) is 36.4 cm³/mol. The summed E-state index contributed by atoms with van der Waals surface area (Å²) in [6.07, 6.45) is -2.54. The van der Waals surface area contributed by atoms with Crippen molar-refractivity contribution < 1.29 is 19.7 Å². The summed E-state index contributed by atoms with van der Waals surface area (Å²) in [5.41, 5.74) is 6.96. The van der Waals surface area contributed by atoms with Gasteiger partial charge in [0.05, 0.1) is 6.61 Å². The van der Waals surface area contributed by atoms with E-state index in [1.54, 1.807) is 6.92 Å². The van der Waals surface area contributed by atoms with Crippen LogP contribution in [0.3, 0.4) is 0 Å². The highest BCUT2D eigenvalue weighted by molar-refractivity contribution is 5.69. The van der Waals surface area contributed by atoms with Gasteiger partial charge in [-0.2, -0.15) is 0 Å². The maximum atomic E-state index is 10.5. The van der Waals surface area contributed by atoms with Crippen LogP contribution in [0.2, 0.25) is 0 Å². The van der Waals surface area contributed by atoms with Crippen molar-refractivity contribution in [3.8, 4) is 0 Å². The molecule has 0 amide bonds. The smallest absolute Gasteiger partial charge is 0.307 e. The molecule has 2 unspecified atom stereocenters. The van der Waals surface area contributed by atoms with Crippen molar-refractivity contribution in [2.45, 2.75) is 25.7 Å². The molecule has 65 valence electrons. The average Bonchev–Trinajstić information content (AvgIpc) is 2.02. The Morgan fingerprint density at radius 3 is 2.64 bits per heavy atom. The Balaban J connectivity index is 3.67. The van der Waals surface area contributed by atoms with Gasteiger partial charge in [0.25, 0.3) is 0 Å². The van der Waals surface area contributed by atoms with Gasteiger partial charge in [-0.1, -0.05) is 6.92 Å². The van der Waals surface area contributed by atoms with E-state index in [-0.39, 0.29) is 6.42 Å². The summed E-state index contributed by atoms with van der Waals surface area (Å²) in [6.45, 7) is 1.01. The van der Waals surface area contributed by atoms with Crippen molar-refractivity contribution in [3.05, 3.63) is 0 Å². The maximum absolute atomic E-state index is 10.5. The fourth-order valence-electron chi connectivity index (χ4n) is 0.399. The molecule has 0 aromatic rings. The molecule has 5 heteroatoms. The molecule has 3 N–H and O–H groups in total. The minimum atomic E-state index is -1.38. The third-order valence-electron chi connectivity index (χ3n) is 1.08. The monoisotopic (exact) mass is 162 g/mol. The summed E-state index contributed by atoms with van der Waals surface area (Å²) < 4.78 is 4.37. The third-order valence-corrected chi connectivity index (χ3v) is 1.08. The summed E-state index contributed by atoms with van der Waals surface area (Å²) >= 11 is 0. The molecule has 0 heterocycles. The first-order valence-electron chi connectivity index (χ1n) is 3.31. The highest BCUT2D eigenvalue weighted by Gasteiger charge is 2.17. The van der Waals surface area contributed by atoms with E-state index in [9.17, 15) is 4.79 Å². The van der Waals surface area contributed by atoms with Gasteiger partial charge in [-0.25, -0.2) is 5.73 Å². The highest BCUT2D eigenvalue weighted by Crippen LogP contribution is 1.95. The van der Waals surface area contributed by atoms with Crippen LogP contribution in [0.1, 0.15) is 13.3 Å². The van der Waals surface area contributed by atoms with Crippen molar-refractivity contribution in [3.63, 3.8) is 0 Å². The first kappa shape index (κ1) is 10.3. The van der Waals surface area contributed by atoms with Crippen LogP contribution < -0.4 is 5.73 Å². The molecular formula is C6H12NO4. The lowest BCUT2D eigenvalue weighted by Gasteiger charge is -2.15. The van der Waals surface area contributed by atoms with E-state index in [0.29, 0.717) is 0 Å². The van der Waals surface area contributed by atoms with E-state index in [1.165, 1.54) is 0 Å². The Morgan fingerprint density at radius 2 is 2.27 bits per heavy atom. The second-order valence-electron chi connectivity index (χ2n) is 2.01. The topological polar surface area (TPSA) is 90.6 Å². The highest BCUT2D eigenvalue weighted by atomic mass is 16.6. The fraction of sp³-hybridized carbons (Fsp3) is 0.833. The molecule has 0 bridgehead atoms. The van der Waals surface area contributed by atoms with E-state index in [4.69, 9.17) is 15.9 Å². The Labute approximate surface area is 64.8 Å². The van der Waals surface area contributed by atoms with Gasteiger partial charge in [0.1, 0.15) is 6.10 Å². The molecule has 0 aliphatic rings. The number of hydrogen-bond donors (Lipinski definition) is 2. The summed E-state index contributed by atoms with van der Waals surface area (Å²) in [5.74, 6) is -0.558. The Kier molecular flexibility index (Phi) is 4.76. The lowest BCUT2D eigenvalue weighted by atomic mass is 10.3. The van der Waals surface area contributed by atoms with Crippen molar-refractivity contribution in [2.24, 2.45) is 0 Å². The molecule has 0 aromatic heterocycles. The van der Waals surface area contributed by atoms with Gasteiger partial charge in [-0.05, 0) is 0 Å². The molecule has 0 fully saturated rings. The first-order chi connectivity index (χ1) is 5.11. The molecule has 0 spiro atoms. The van der Waals surface area contributed by atoms with E-state index < -0.39 is 24.9 Å². The number of esters is 1. The van der Waals surface area contributed by atoms with Crippen LogP contribution in [0.5, 0.6) is 0 Å². The number of nitrogens with one attached hydrogen (secondary N) is 1. The average molecular weight is 162 g/mol. The van der Waals surface area contributed by atoms with E-state index >= 15 is 0 Å². The summed E-state index contributed by atoms with van der Waals surface area (Å²) in [5, 5.41) is 17.1. The number of aliphatic hydroxyl groups is 2. The summed E-state index contributed by atoms with van der Waals surface area (Å²) in [4.78, 5) is 10.5. The van der Waals surface area contributed by atoms with Crippen LogP contribution in [0, 0.1) is 0 Å². The summed E-state index contributed by atoms with van der Waals surface area (Å²) in [7, 11) is 0. The number of carbonyl (C=O) groups excluding carboxylic acids is 1. The number of ether oxygens (including phenoxy) is 1. The van der Waals surface area contributed by atoms with Gasteiger partial charge in [0, 0.05) is 6.42 Å². The van der Waals surface area contributed by atoms with E-state index in [2.05, 4.69) is 4.74 Å². The predicted octanol–water partition coefficient (Wildman–Crippen LogP) is -1.10. The molecule has 0 rings (SSSR count). The van der Waals surface area contributed by atoms with Gasteiger partial charge in [-0.15, -0.1) is 0 Å². The summed E-state index contributed by atoms with van der Waals surface area (Å²) in [6, 6.07) is 0. The Bertz CT molecular complexity index is 128. The molecule has 5 nitrogen and oxygen atoms in total. The largest absolute Gasteiger partial charge is 0.442 e. The zero-order chi connectivity index (χ0) is 8.85. The second kappa shape index (κ2) is 5.06. The first-order valence-corrected chi connectivity index (χ1v) is 3.31. The lowest BCUT2D eigenvalue weighted by Crippen LogP contribution is -2.34. The van der Waals surface area contributed by atoms with Crippen molar-refractivity contribution >= 4 is 5.97 Å². The number of carbonyl (C=O) groups is 1. The molecule has 11 heavy (non-hydrogen) atoms. The quantitative estimate of drug-likeness (QED) is 0.513. The molecule has 1 radical (unpaired) electrons. The second-order valence-corrected chi connectivity index (χ2v) is 2.01. The molecule has 0 aliphatic carbocycles. The number of rotatable bonds is 4. The van der Waals surface area contributed by atoms with E-state index in [0.717, 1.165) is 0 Å². The molecule has 2 atom stereocenters. The Hall–Kier alpha value is -0.650. The standard InChI is InChI=1S/C6H12NO4/c1-2-5(10)11-6(7)4(9)3-8/h4,6-9H,2-3H2,1H3. The van der Waals surface area contributed by atoms with Gasteiger partial charge < -0.3 is 14.9 Å². The fourth-order valence-corrected chi connectivity index (χ4v) is 0.399. The minimum absolute atomic E-state index is 0.160. The van der Waals surface area contributed by atoms with Crippen molar-refractivity contribution in [2.75, 3.05) is 6.61 Å². The normalized spacial score (nSPS) is 15.6. The van der Waals surface area contributed by atoms with Crippen LogP contribution in [-0.2, 0) is 9.53 Å². The van der Waals surface area contributed by atoms with Crippen LogP contribution in [-0.4, -0.2) is 35.1 Å². The van der Waals surface area contributed by atoms with Crippen molar-refractivity contribution in [1.29, 1.82) is 0 Å². The number of hydrogen-bond acceptors (Lipinski definition) is 4. The number of aliphatic hydroxyl groups excluding tert-OH is 2. The van der Waals surface area contributed by atoms with E-state index in [1.807, 2.05) is 0 Å². The van der Waals surface area contributed by atoms with Crippen LogP contribution in [0.25, 0.3) is 0 Å². The zero-order valence-corrected chi connectivity index (χ0v) is 6.28. The molecular weight excluding hydrogens is 150 g/mol. The Morgan fingerprint density at radius 1 is 1.73 bits per heavy atom. The van der Waals surface area contributed by atoms with Gasteiger partial charge in [-0.3, -0.25) is 4.79 Å². The van der Waals surface area contributed by atoms with Gasteiger partial charge >= 0.3 is 5.97 Å². The zero-order valence-electron chi connectivity index (χ0n) is 6.28. The molecule has 0 aromatic carbocycles. The molecule has 0 aliphatic heterocycles.